The number of rotatable bonds is 4. The van der Waals surface area contributed by atoms with Crippen LogP contribution >= 0.6 is 0 Å². The van der Waals surface area contributed by atoms with Gasteiger partial charge in [-0.3, -0.25) is 14.5 Å². The molecule has 1 aliphatic carbocycles. The monoisotopic (exact) mass is 391 g/mol. The Bertz CT molecular complexity index is 936. The lowest BCUT2D eigenvalue weighted by molar-refractivity contribution is 0.0549. The molecule has 0 aromatic heterocycles. The Labute approximate surface area is 170 Å². The Balaban J connectivity index is 1.46. The molecule has 4 rings (SSSR count). The standard InChI is InChI=1S/C23H25N3O3/c1-25(15-16-8-4-2-5-9-16)23(29)24-17-12-13-19-20(14-17)22(28)26(21(19)27)18-10-6-3-7-11-18/h2,4-5,8-9,12-14,18H,3,6-7,10-11,15H2,1H3,(H,24,29). The van der Waals surface area contributed by atoms with E-state index in [-0.39, 0.29) is 23.9 Å². The Morgan fingerprint density at radius 1 is 1.00 bits per heavy atom. The maximum absolute atomic E-state index is 12.9. The maximum atomic E-state index is 12.9. The molecule has 2 aliphatic rings. The van der Waals surface area contributed by atoms with Crippen molar-refractivity contribution in [2.45, 2.75) is 44.7 Å². The normalized spacial score (nSPS) is 16.7. The molecular formula is C23H25N3O3. The maximum Gasteiger partial charge on any atom is 0.321 e. The number of nitrogens with zero attached hydrogens (tertiary/aromatic N) is 2. The number of urea groups is 1. The molecule has 0 spiro atoms. The average Bonchev–Trinajstić information content (AvgIpc) is 2.99. The van der Waals surface area contributed by atoms with Gasteiger partial charge < -0.3 is 10.2 Å². The molecule has 1 aliphatic heterocycles. The van der Waals surface area contributed by atoms with Gasteiger partial charge in [0.1, 0.15) is 0 Å². The van der Waals surface area contributed by atoms with Crippen LogP contribution in [0.25, 0.3) is 0 Å². The third-order valence-corrected chi connectivity index (χ3v) is 5.72. The summed E-state index contributed by atoms with van der Waals surface area (Å²) in [6, 6.07) is 14.4. The van der Waals surface area contributed by atoms with E-state index in [0.717, 1.165) is 37.7 Å². The Morgan fingerprint density at radius 2 is 1.69 bits per heavy atom. The van der Waals surface area contributed by atoms with Crippen LogP contribution in [-0.4, -0.2) is 40.7 Å². The van der Waals surface area contributed by atoms with Crippen molar-refractivity contribution in [3.63, 3.8) is 0 Å². The van der Waals surface area contributed by atoms with Gasteiger partial charge in [-0.1, -0.05) is 49.6 Å². The molecule has 2 aromatic carbocycles. The fraction of sp³-hybridized carbons (Fsp3) is 0.348. The van der Waals surface area contributed by atoms with Crippen LogP contribution in [0.5, 0.6) is 0 Å². The molecule has 29 heavy (non-hydrogen) atoms. The smallest absolute Gasteiger partial charge is 0.321 e. The van der Waals surface area contributed by atoms with Crippen molar-refractivity contribution in [3.8, 4) is 0 Å². The first-order valence-corrected chi connectivity index (χ1v) is 10.1. The summed E-state index contributed by atoms with van der Waals surface area (Å²) in [6.07, 6.45) is 5.01. The van der Waals surface area contributed by atoms with Crippen molar-refractivity contribution in [1.29, 1.82) is 0 Å². The molecule has 150 valence electrons. The summed E-state index contributed by atoms with van der Waals surface area (Å²) >= 11 is 0. The number of benzene rings is 2. The van der Waals surface area contributed by atoms with Crippen molar-refractivity contribution < 1.29 is 14.4 Å². The minimum Gasteiger partial charge on any atom is -0.323 e. The lowest BCUT2D eigenvalue weighted by Gasteiger charge is -2.29. The lowest BCUT2D eigenvalue weighted by atomic mass is 9.94. The van der Waals surface area contributed by atoms with Gasteiger partial charge in [0.15, 0.2) is 0 Å². The SMILES string of the molecule is CN(Cc1ccccc1)C(=O)Nc1ccc2c(c1)C(=O)N(C1CCCCC1)C2=O. The van der Waals surface area contributed by atoms with Crippen LogP contribution in [0.4, 0.5) is 10.5 Å². The molecule has 0 unspecified atom stereocenters. The summed E-state index contributed by atoms with van der Waals surface area (Å²) in [6.45, 7) is 0.477. The quantitative estimate of drug-likeness (QED) is 0.791. The minimum absolute atomic E-state index is 0.00815. The van der Waals surface area contributed by atoms with Crippen molar-refractivity contribution in [1.82, 2.24) is 9.80 Å². The summed E-state index contributed by atoms with van der Waals surface area (Å²) in [5, 5.41) is 2.83. The van der Waals surface area contributed by atoms with Crippen LogP contribution in [0.1, 0.15) is 58.4 Å². The second kappa shape index (κ2) is 8.07. The van der Waals surface area contributed by atoms with E-state index in [1.54, 1.807) is 30.1 Å². The summed E-state index contributed by atoms with van der Waals surface area (Å²) < 4.78 is 0. The highest BCUT2D eigenvalue weighted by Crippen LogP contribution is 2.32. The van der Waals surface area contributed by atoms with Gasteiger partial charge in [0.25, 0.3) is 11.8 Å². The first-order valence-electron chi connectivity index (χ1n) is 10.1. The van der Waals surface area contributed by atoms with Crippen molar-refractivity contribution in [2.75, 3.05) is 12.4 Å². The van der Waals surface area contributed by atoms with Gasteiger partial charge in [-0.15, -0.1) is 0 Å². The summed E-state index contributed by atoms with van der Waals surface area (Å²) in [4.78, 5) is 41.2. The summed E-state index contributed by atoms with van der Waals surface area (Å²) in [7, 11) is 1.72. The van der Waals surface area contributed by atoms with Gasteiger partial charge in [-0.25, -0.2) is 4.79 Å². The highest BCUT2D eigenvalue weighted by Gasteiger charge is 2.40. The molecule has 1 saturated carbocycles. The van der Waals surface area contributed by atoms with Crippen molar-refractivity contribution >= 4 is 23.5 Å². The summed E-state index contributed by atoms with van der Waals surface area (Å²) in [5.74, 6) is -0.457. The Kier molecular flexibility index (Phi) is 5.34. The predicted octanol–water partition coefficient (Wildman–Crippen LogP) is 4.28. The Hall–Kier alpha value is -3.15. The fourth-order valence-corrected chi connectivity index (χ4v) is 4.16. The average molecular weight is 391 g/mol. The van der Waals surface area contributed by atoms with Crippen LogP contribution in [0.3, 0.4) is 0 Å². The number of amides is 4. The first-order chi connectivity index (χ1) is 14.0. The number of carbonyl (C=O) groups excluding carboxylic acids is 3. The van der Waals surface area contributed by atoms with Crippen molar-refractivity contribution in [3.05, 3.63) is 65.2 Å². The summed E-state index contributed by atoms with van der Waals surface area (Å²) in [5.41, 5.74) is 2.35. The van der Waals surface area contributed by atoms with Gasteiger partial charge in [0.2, 0.25) is 0 Å². The molecule has 0 saturated heterocycles. The van der Waals surface area contributed by atoms with Crippen LogP contribution < -0.4 is 5.32 Å². The number of nitrogens with one attached hydrogen (secondary N) is 1. The number of hydrogen-bond donors (Lipinski definition) is 1. The van der Waals surface area contributed by atoms with Crippen LogP contribution in [0, 0.1) is 0 Å². The molecule has 0 bridgehead atoms. The van der Waals surface area contributed by atoms with Crippen LogP contribution in [0.15, 0.2) is 48.5 Å². The zero-order chi connectivity index (χ0) is 20.4. The van der Waals surface area contributed by atoms with Gasteiger partial charge in [-0.2, -0.15) is 0 Å². The van der Waals surface area contributed by atoms with Gasteiger partial charge in [0, 0.05) is 25.3 Å². The molecule has 0 atom stereocenters. The lowest BCUT2D eigenvalue weighted by Crippen LogP contribution is -2.40. The Morgan fingerprint density at radius 3 is 2.41 bits per heavy atom. The number of carbonyl (C=O) groups is 3. The highest BCUT2D eigenvalue weighted by molar-refractivity contribution is 6.22. The molecule has 1 heterocycles. The van der Waals surface area contributed by atoms with Crippen molar-refractivity contribution in [2.24, 2.45) is 0 Å². The largest absolute Gasteiger partial charge is 0.323 e. The second-order valence-corrected chi connectivity index (χ2v) is 7.80. The minimum atomic E-state index is -0.269. The van der Waals surface area contributed by atoms with Crippen LogP contribution in [-0.2, 0) is 6.54 Å². The van der Waals surface area contributed by atoms with Gasteiger partial charge in [0.05, 0.1) is 11.1 Å². The van der Waals surface area contributed by atoms with Crippen LogP contribution in [0.2, 0.25) is 0 Å². The molecule has 2 aromatic rings. The molecular weight excluding hydrogens is 366 g/mol. The zero-order valence-electron chi connectivity index (χ0n) is 16.6. The van der Waals surface area contributed by atoms with E-state index in [4.69, 9.17) is 0 Å². The van der Waals surface area contributed by atoms with Gasteiger partial charge >= 0.3 is 6.03 Å². The topological polar surface area (TPSA) is 69.7 Å². The molecule has 6 nitrogen and oxygen atoms in total. The van der Waals surface area contributed by atoms with E-state index in [1.807, 2.05) is 30.3 Å². The first kappa shape index (κ1) is 19.2. The second-order valence-electron chi connectivity index (χ2n) is 7.80. The number of fused-ring (bicyclic) bond motifs is 1. The van der Waals surface area contributed by atoms with E-state index < -0.39 is 0 Å². The van der Waals surface area contributed by atoms with E-state index >= 15 is 0 Å². The third kappa shape index (κ3) is 3.88. The zero-order valence-corrected chi connectivity index (χ0v) is 16.6. The highest BCUT2D eigenvalue weighted by atomic mass is 16.2. The molecule has 1 fully saturated rings. The number of imide groups is 1. The van der Waals surface area contributed by atoms with E-state index in [0.29, 0.717) is 23.4 Å². The number of anilines is 1. The van der Waals surface area contributed by atoms with Gasteiger partial charge in [-0.05, 0) is 36.6 Å². The molecule has 1 N–H and O–H groups in total. The molecule has 6 heteroatoms. The molecule has 4 amide bonds. The fourth-order valence-electron chi connectivity index (χ4n) is 4.16. The number of hydrogen-bond acceptors (Lipinski definition) is 3. The predicted molar refractivity (Wildman–Crippen MR) is 111 cm³/mol. The van der Waals surface area contributed by atoms with E-state index in [1.165, 1.54) is 4.90 Å². The third-order valence-electron chi connectivity index (χ3n) is 5.72. The van der Waals surface area contributed by atoms with E-state index in [2.05, 4.69) is 5.32 Å². The molecule has 0 radical (unpaired) electrons. The van der Waals surface area contributed by atoms with E-state index in [9.17, 15) is 14.4 Å².